The normalized spacial score (nSPS) is 17.9. The maximum atomic E-state index is 13.2. The summed E-state index contributed by atoms with van der Waals surface area (Å²) >= 11 is 0. The van der Waals surface area contributed by atoms with Gasteiger partial charge < -0.3 is 14.5 Å². The quantitative estimate of drug-likeness (QED) is 0.268. The average Bonchev–Trinajstić information content (AvgIpc) is 2.84. The standard InChI is InChI=1S/C32H44F3N3O/c1-8-18-31(28-23(5)14-12-15-24(28)6)36-25(7)29(37(19-9-2)20-10-3)30(38(31)21-11-4)26-16-13-17-27(22-26)39-32(33,34)35/h12-17,22H,8-11,18-21H2,1-7H3. The molecular weight excluding hydrogens is 499 g/mol. The molecule has 1 aliphatic rings. The van der Waals surface area contributed by atoms with E-state index >= 15 is 0 Å². The zero-order valence-corrected chi connectivity index (χ0v) is 24.6. The molecule has 3 rings (SSSR count). The van der Waals surface area contributed by atoms with Crippen molar-refractivity contribution in [3.63, 3.8) is 0 Å². The summed E-state index contributed by atoms with van der Waals surface area (Å²) in [6, 6.07) is 12.8. The van der Waals surface area contributed by atoms with Crippen LogP contribution in [0.3, 0.4) is 0 Å². The van der Waals surface area contributed by atoms with Crippen molar-refractivity contribution in [1.82, 2.24) is 9.80 Å². The second-order valence-electron chi connectivity index (χ2n) is 10.4. The van der Waals surface area contributed by atoms with Gasteiger partial charge in [0.25, 0.3) is 0 Å². The maximum Gasteiger partial charge on any atom is 0.573 e. The summed E-state index contributed by atoms with van der Waals surface area (Å²) in [5.74, 6) is -0.214. The van der Waals surface area contributed by atoms with Gasteiger partial charge >= 0.3 is 6.36 Å². The van der Waals surface area contributed by atoms with Crippen molar-refractivity contribution in [2.75, 3.05) is 19.6 Å². The molecule has 1 heterocycles. The van der Waals surface area contributed by atoms with Gasteiger partial charge in [0, 0.05) is 30.8 Å². The second-order valence-corrected chi connectivity index (χ2v) is 10.4. The largest absolute Gasteiger partial charge is 0.573 e. The minimum absolute atomic E-state index is 0.214. The van der Waals surface area contributed by atoms with Gasteiger partial charge in [-0.1, -0.05) is 64.4 Å². The highest BCUT2D eigenvalue weighted by atomic mass is 19.4. The number of aliphatic imine (C=N–C) groups is 1. The Bertz CT molecular complexity index is 1160. The number of allylic oxidation sites excluding steroid dienone is 1. The lowest BCUT2D eigenvalue weighted by atomic mass is 9.83. The fourth-order valence-electron chi connectivity index (χ4n) is 6.08. The van der Waals surface area contributed by atoms with E-state index in [-0.39, 0.29) is 5.75 Å². The molecule has 0 spiro atoms. The lowest BCUT2D eigenvalue weighted by Gasteiger charge is -2.50. The number of alkyl halides is 3. The monoisotopic (exact) mass is 543 g/mol. The van der Waals surface area contributed by atoms with Gasteiger partial charge in [-0.3, -0.25) is 4.99 Å². The van der Waals surface area contributed by atoms with E-state index in [1.807, 2.05) is 6.07 Å². The number of nitrogens with zero attached hydrogens (tertiary/aromatic N) is 3. The first kappa shape index (κ1) is 30.6. The zero-order valence-electron chi connectivity index (χ0n) is 24.6. The molecule has 0 amide bonds. The van der Waals surface area contributed by atoms with Gasteiger partial charge in [-0.25, -0.2) is 0 Å². The molecule has 0 aromatic heterocycles. The van der Waals surface area contributed by atoms with Crippen molar-refractivity contribution >= 4 is 11.4 Å². The molecular formula is C32H44F3N3O. The number of ether oxygens (including phenoxy) is 1. The van der Waals surface area contributed by atoms with Crippen LogP contribution >= 0.6 is 0 Å². The van der Waals surface area contributed by atoms with Gasteiger partial charge in [-0.2, -0.15) is 0 Å². The van der Waals surface area contributed by atoms with Crippen molar-refractivity contribution in [3.05, 3.63) is 70.4 Å². The number of rotatable bonds is 12. The Morgan fingerprint density at radius 1 is 0.872 bits per heavy atom. The van der Waals surface area contributed by atoms with Gasteiger partial charge in [0.1, 0.15) is 5.75 Å². The number of halogens is 3. The summed E-state index contributed by atoms with van der Waals surface area (Å²) in [6.07, 6.45) is -0.310. The third-order valence-electron chi connectivity index (χ3n) is 7.21. The van der Waals surface area contributed by atoms with Gasteiger partial charge in [-0.05, 0) is 69.7 Å². The minimum atomic E-state index is -4.76. The number of benzene rings is 2. The third-order valence-corrected chi connectivity index (χ3v) is 7.21. The van der Waals surface area contributed by atoms with Crippen molar-refractivity contribution in [2.45, 2.75) is 92.6 Å². The number of hydrogen-bond donors (Lipinski definition) is 0. The highest BCUT2D eigenvalue weighted by molar-refractivity contribution is 6.05. The van der Waals surface area contributed by atoms with Crippen LogP contribution in [0, 0.1) is 13.8 Å². The average molecular weight is 544 g/mol. The van der Waals surface area contributed by atoms with E-state index in [1.165, 1.54) is 17.7 Å². The first-order chi connectivity index (χ1) is 18.5. The summed E-state index contributed by atoms with van der Waals surface area (Å²) in [5.41, 5.74) is 6.37. The van der Waals surface area contributed by atoms with Crippen LogP contribution in [0.25, 0.3) is 5.70 Å². The molecule has 0 saturated carbocycles. The molecule has 1 unspecified atom stereocenters. The zero-order chi connectivity index (χ0) is 28.8. The summed E-state index contributed by atoms with van der Waals surface area (Å²) in [6.45, 7) is 17.3. The van der Waals surface area contributed by atoms with Crippen molar-refractivity contribution < 1.29 is 17.9 Å². The van der Waals surface area contributed by atoms with Crippen molar-refractivity contribution in [2.24, 2.45) is 4.99 Å². The van der Waals surface area contributed by atoms with E-state index in [0.29, 0.717) is 12.1 Å². The van der Waals surface area contributed by atoms with E-state index in [2.05, 4.69) is 81.2 Å². The van der Waals surface area contributed by atoms with E-state index in [9.17, 15) is 13.2 Å². The highest BCUT2D eigenvalue weighted by Crippen LogP contribution is 2.48. The van der Waals surface area contributed by atoms with Gasteiger partial charge in [0.2, 0.25) is 0 Å². The molecule has 39 heavy (non-hydrogen) atoms. The molecule has 0 aliphatic carbocycles. The van der Waals surface area contributed by atoms with Crippen LogP contribution in [-0.4, -0.2) is 41.5 Å². The second kappa shape index (κ2) is 12.9. The Morgan fingerprint density at radius 3 is 2.03 bits per heavy atom. The summed E-state index contributed by atoms with van der Waals surface area (Å²) in [4.78, 5) is 10.3. The maximum absolute atomic E-state index is 13.2. The summed E-state index contributed by atoms with van der Waals surface area (Å²) in [5, 5.41) is 0. The van der Waals surface area contributed by atoms with Crippen molar-refractivity contribution in [1.29, 1.82) is 0 Å². The molecule has 4 nitrogen and oxygen atoms in total. The Labute approximate surface area is 232 Å². The Balaban J connectivity index is 2.43. The topological polar surface area (TPSA) is 28.1 Å². The fourth-order valence-corrected chi connectivity index (χ4v) is 6.08. The van der Waals surface area contributed by atoms with Gasteiger partial charge in [0.05, 0.1) is 17.1 Å². The molecule has 0 bridgehead atoms. The minimum Gasteiger partial charge on any atom is -0.406 e. The molecule has 214 valence electrons. The smallest absolute Gasteiger partial charge is 0.406 e. The van der Waals surface area contributed by atoms with Gasteiger partial charge in [0.15, 0.2) is 5.66 Å². The van der Waals surface area contributed by atoms with Crippen LogP contribution in [0.5, 0.6) is 5.75 Å². The molecule has 2 aromatic carbocycles. The van der Waals surface area contributed by atoms with E-state index in [1.54, 1.807) is 6.07 Å². The van der Waals surface area contributed by atoms with Crippen LogP contribution in [0.1, 0.15) is 89.0 Å². The molecule has 7 heteroatoms. The third kappa shape index (κ3) is 6.62. The van der Waals surface area contributed by atoms with Crippen LogP contribution in [-0.2, 0) is 5.66 Å². The molecule has 1 aliphatic heterocycles. The summed E-state index contributed by atoms with van der Waals surface area (Å²) in [7, 11) is 0. The number of hydrogen-bond acceptors (Lipinski definition) is 4. The first-order valence-corrected chi connectivity index (χ1v) is 14.3. The van der Waals surface area contributed by atoms with E-state index in [4.69, 9.17) is 4.99 Å². The highest BCUT2D eigenvalue weighted by Gasteiger charge is 2.45. The van der Waals surface area contributed by atoms with E-state index in [0.717, 1.165) is 73.4 Å². The Kier molecular flexibility index (Phi) is 10.1. The lowest BCUT2D eigenvalue weighted by Crippen LogP contribution is -2.50. The van der Waals surface area contributed by atoms with Gasteiger partial charge in [-0.15, -0.1) is 13.2 Å². The van der Waals surface area contributed by atoms with Crippen LogP contribution < -0.4 is 4.74 Å². The lowest BCUT2D eigenvalue weighted by molar-refractivity contribution is -0.274. The van der Waals surface area contributed by atoms with Crippen LogP contribution in [0.4, 0.5) is 13.2 Å². The molecule has 0 N–H and O–H groups in total. The predicted octanol–water partition coefficient (Wildman–Crippen LogP) is 8.83. The Hall–Kier alpha value is -2.96. The predicted molar refractivity (Wildman–Crippen MR) is 155 cm³/mol. The first-order valence-electron chi connectivity index (χ1n) is 14.3. The van der Waals surface area contributed by atoms with Crippen LogP contribution in [0.15, 0.2) is 53.2 Å². The molecule has 0 saturated heterocycles. The SMILES string of the molecule is CCCN(CCC)C1=C(c2cccc(OC(F)(F)F)c2)N(CCC)C(CCC)(c2c(C)cccc2C)N=C1C. The van der Waals surface area contributed by atoms with Crippen LogP contribution in [0.2, 0.25) is 0 Å². The summed E-state index contributed by atoms with van der Waals surface area (Å²) < 4.78 is 44.1. The fraction of sp³-hybridized carbons (Fsp3) is 0.531. The van der Waals surface area contributed by atoms with E-state index < -0.39 is 12.0 Å². The molecule has 0 radical (unpaired) electrons. The Morgan fingerprint density at radius 2 is 1.49 bits per heavy atom. The molecule has 1 atom stereocenters. The molecule has 0 fully saturated rings. The van der Waals surface area contributed by atoms with Crippen molar-refractivity contribution in [3.8, 4) is 5.75 Å². The molecule has 2 aromatic rings. The number of aryl methyl sites for hydroxylation is 2.